The Morgan fingerprint density at radius 3 is 1.61 bits per heavy atom. The van der Waals surface area contributed by atoms with Crippen LogP contribution in [-0.2, 0) is 0 Å². The topological polar surface area (TPSA) is 16.4 Å². The molecular formula is C61H37NOS. The number of nitrogens with zero attached hydrogens (tertiary/aromatic N) is 1. The molecule has 0 unspecified atom stereocenters. The van der Waals surface area contributed by atoms with Crippen molar-refractivity contribution in [3.8, 4) is 11.1 Å². The highest BCUT2D eigenvalue weighted by atomic mass is 32.1. The van der Waals surface area contributed by atoms with Crippen LogP contribution in [0.3, 0.4) is 0 Å². The molecule has 0 N–H and O–H groups in total. The zero-order valence-corrected chi connectivity index (χ0v) is 35.7. The summed E-state index contributed by atoms with van der Waals surface area (Å²) in [6.07, 6.45) is 0. The van der Waals surface area contributed by atoms with Crippen molar-refractivity contribution in [3.63, 3.8) is 0 Å². The summed E-state index contributed by atoms with van der Waals surface area (Å²) in [7, 11) is 0. The minimum atomic E-state index is 0.876. The lowest BCUT2D eigenvalue weighted by atomic mass is 9.89. The molecule has 2 nitrogen and oxygen atoms in total. The molecule has 0 spiro atoms. The van der Waals surface area contributed by atoms with Crippen LogP contribution in [0.25, 0.3) is 118 Å². The van der Waals surface area contributed by atoms with Crippen LogP contribution in [0, 0.1) is 6.92 Å². The molecule has 0 fully saturated rings. The summed E-state index contributed by atoms with van der Waals surface area (Å²) in [5, 5.41) is 20.0. The second kappa shape index (κ2) is 13.5. The number of hydrogen-bond donors (Lipinski definition) is 0. The van der Waals surface area contributed by atoms with E-state index in [1.165, 1.54) is 101 Å². The largest absolute Gasteiger partial charge is 0.454 e. The van der Waals surface area contributed by atoms with Crippen LogP contribution in [0.2, 0.25) is 0 Å². The van der Waals surface area contributed by atoms with Gasteiger partial charge in [0, 0.05) is 47.4 Å². The Hall–Kier alpha value is -7.98. The number of para-hydroxylation sites is 3. The first-order chi connectivity index (χ1) is 31.7. The first kappa shape index (κ1) is 35.6. The molecule has 2 aromatic heterocycles. The Morgan fingerprint density at radius 1 is 0.359 bits per heavy atom. The van der Waals surface area contributed by atoms with Gasteiger partial charge in [0.05, 0.1) is 11.4 Å². The minimum Gasteiger partial charge on any atom is -0.454 e. The van der Waals surface area contributed by atoms with E-state index in [1.807, 2.05) is 17.4 Å². The van der Waals surface area contributed by atoms with E-state index >= 15 is 0 Å². The van der Waals surface area contributed by atoms with Crippen molar-refractivity contribution >= 4 is 135 Å². The van der Waals surface area contributed by atoms with Gasteiger partial charge in [-0.25, -0.2) is 0 Å². The fraction of sp³-hybridized carbons (Fsp3) is 0.0164. The van der Waals surface area contributed by atoms with Crippen molar-refractivity contribution in [1.29, 1.82) is 0 Å². The Balaban J connectivity index is 1.02. The van der Waals surface area contributed by atoms with Crippen molar-refractivity contribution in [2.45, 2.75) is 6.92 Å². The molecule has 2 heterocycles. The van der Waals surface area contributed by atoms with Crippen LogP contribution in [0.15, 0.2) is 211 Å². The average molecular weight is 832 g/mol. The van der Waals surface area contributed by atoms with Crippen molar-refractivity contribution in [3.05, 3.63) is 212 Å². The van der Waals surface area contributed by atoms with Gasteiger partial charge in [-0.05, 0) is 126 Å². The van der Waals surface area contributed by atoms with E-state index in [1.54, 1.807) is 0 Å². The smallest absolute Gasteiger partial charge is 0.159 e. The number of fused-ring (bicyclic) bond motifs is 15. The molecule has 14 rings (SSSR count). The highest BCUT2D eigenvalue weighted by Crippen LogP contribution is 2.52. The maximum absolute atomic E-state index is 6.77. The summed E-state index contributed by atoms with van der Waals surface area (Å²) < 4.78 is 9.37. The predicted octanol–water partition coefficient (Wildman–Crippen LogP) is 18.3. The lowest BCUT2D eigenvalue weighted by Crippen LogP contribution is -2.13. The van der Waals surface area contributed by atoms with Crippen molar-refractivity contribution in [1.82, 2.24) is 0 Å². The van der Waals surface area contributed by atoms with Crippen LogP contribution in [0.5, 0.6) is 0 Å². The molecule has 0 aliphatic heterocycles. The van der Waals surface area contributed by atoms with E-state index < -0.39 is 0 Å². The third-order valence-electron chi connectivity index (χ3n) is 13.7. The Kier molecular flexibility index (Phi) is 7.51. The van der Waals surface area contributed by atoms with Gasteiger partial charge in [-0.1, -0.05) is 158 Å². The molecule has 14 aromatic rings. The molecular weight excluding hydrogens is 795 g/mol. The Bertz CT molecular complexity index is 4230. The van der Waals surface area contributed by atoms with Crippen LogP contribution < -0.4 is 4.90 Å². The first-order valence-corrected chi connectivity index (χ1v) is 22.8. The number of rotatable bonds is 4. The third-order valence-corrected chi connectivity index (χ3v) is 14.8. The number of benzene rings is 12. The summed E-state index contributed by atoms with van der Waals surface area (Å²) in [5.74, 6) is 0. The number of furan rings is 1. The van der Waals surface area contributed by atoms with E-state index in [0.717, 1.165) is 39.0 Å². The van der Waals surface area contributed by atoms with E-state index in [0.29, 0.717) is 0 Å². The quantitative estimate of drug-likeness (QED) is 0.130. The van der Waals surface area contributed by atoms with Crippen LogP contribution in [0.4, 0.5) is 17.1 Å². The SMILES string of the molecule is Cc1ccccc1N(c1c2ccccc2c(-c2ccc3c(c2)sc2cc4c5ccccc5c5cc6ccccc6cc5c4cc23)c2ccccc12)c1cccc2c1oc1ccccc12. The number of hydrogen-bond acceptors (Lipinski definition) is 3. The molecule has 298 valence electrons. The molecule has 0 bridgehead atoms. The summed E-state index contributed by atoms with van der Waals surface area (Å²) in [6.45, 7) is 2.20. The standard InChI is InChI=1S/C61H37NOS/c1-36-15-2-12-26-54(36)62(55-27-14-25-48-42-20-11-13-28-56(42)63-61(48)55)60-46-23-9-7-21-44(46)59(45-22-8-10-24-47(45)60)39-29-30-43-53-34-51-50-32-38-17-4-3-16-37(38)31-49(50)40-18-5-6-19-41(40)52(51)35-58(53)64-57(43)33-39/h2-35H,1H3. The molecule has 0 amide bonds. The van der Waals surface area contributed by atoms with Crippen molar-refractivity contribution < 1.29 is 4.42 Å². The highest BCUT2D eigenvalue weighted by Gasteiger charge is 2.26. The maximum Gasteiger partial charge on any atom is 0.159 e. The molecule has 0 radical (unpaired) electrons. The van der Waals surface area contributed by atoms with Gasteiger partial charge in [-0.3, -0.25) is 0 Å². The first-order valence-electron chi connectivity index (χ1n) is 22.0. The summed E-state index contributed by atoms with van der Waals surface area (Å²) in [4.78, 5) is 2.45. The molecule has 0 saturated heterocycles. The summed E-state index contributed by atoms with van der Waals surface area (Å²) >= 11 is 1.90. The number of aryl methyl sites for hydroxylation is 1. The molecule has 64 heavy (non-hydrogen) atoms. The monoisotopic (exact) mass is 831 g/mol. The normalized spacial score (nSPS) is 12.1. The van der Waals surface area contributed by atoms with Gasteiger partial charge in [0.25, 0.3) is 0 Å². The van der Waals surface area contributed by atoms with E-state index in [9.17, 15) is 0 Å². The molecule has 12 aromatic carbocycles. The zero-order valence-electron chi connectivity index (χ0n) is 34.9. The van der Waals surface area contributed by atoms with Gasteiger partial charge in [0.2, 0.25) is 0 Å². The van der Waals surface area contributed by atoms with Gasteiger partial charge >= 0.3 is 0 Å². The van der Waals surface area contributed by atoms with Gasteiger partial charge in [0.15, 0.2) is 5.58 Å². The lowest BCUT2D eigenvalue weighted by Gasteiger charge is -2.30. The van der Waals surface area contributed by atoms with Crippen molar-refractivity contribution in [2.75, 3.05) is 4.90 Å². The van der Waals surface area contributed by atoms with E-state index in [4.69, 9.17) is 4.42 Å². The van der Waals surface area contributed by atoms with Crippen LogP contribution in [-0.4, -0.2) is 0 Å². The second-order valence-corrected chi connectivity index (χ2v) is 18.3. The molecule has 0 atom stereocenters. The predicted molar refractivity (Wildman–Crippen MR) is 277 cm³/mol. The van der Waals surface area contributed by atoms with Crippen LogP contribution in [0.1, 0.15) is 5.56 Å². The van der Waals surface area contributed by atoms with Crippen molar-refractivity contribution in [2.24, 2.45) is 0 Å². The Labute approximate surface area is 372 Å². The molecule has 0 saturated carbocycles. The van der Waals surface area contributed by atoms with Gasteiger partial charge in [-0.15, -0.1) is 11.3 Å². The van der Waals surface area contributed by atoms with Gasteiger partial charge in [-0.2, -0.15) is 0 Å². The van der Waals surface area contributed by atoms with Gasteiger partial charge < -0.3 is 9.32 Å². The number of anilines is 3. The minimum absolute atomic E-state index is 0.876. The number of thiophene rings is 1. The Morgan fingerprint density at radius 2 is 0.891 bits per heavy atom. The van der Waals surface area contributed by atoms with E-state index in [-0.39, 0.29) is 0 Å². The third kappa shape index (κ3) is 5.07. The van der Waals surface area contributed by atoms with Gasteiger partial charge in [0.1, 0.15) is 5.58 Å². The van der Waals surface area contributed by atoms with Crippen LogP contribution >= 0.6 is 11.3 Å². The van der Waals surface area contributed by atoms with E-state index in [2.05, 4.69) is 212 Å². The molecule has 3 heteroatoms. The second-order valence-electron chi connectivity index (χ2n) is 17.2. The highest BCUT2D eigenvalue weighted by molar-refractivity contribution is 7.26. The fourth-order valence-electron chi connectivity index (χ4n) is 10.8. The summed E-state index contributed by atoms with van der Waals surface area (Å²) in [6, 6.07) is 76.1. The molecule has 0 aliphatic carbocycles. The zero-order chi connectivity index (χ0) is 42.0. The molecule has 0 aliphatic rings. The maximum atomic E-state index is 6.77. The summed E-state index contributed by atoms with van der Waals surface area (Å²) in [5.41, 5.74) is 8.68. The lowest BCUT2D eigenvalue weighted by molar-refractivity contribution is 0.669. The fourth-order valence-corrected chi connectivity index (χ4v) is 12.0. The average Bonchev–Trinajstić information content (AvgIpc) is 3.91.